The summed E-state index contributed by atoms with van der Waals surface area (Å²) in [6, 6.07) is 9.41. The summed E-state index contributed by atoms with van der Waals surface area (Å²) in [5.74, 6) is 0. The van der Waals surface area contributed by atoms with Crippen LogP contribution in [-0.4, -0.2) is 13.3 Å². The van der Waals surface area contributed by atoms with Gasteiger partial charge in [0.15, 0.2) is 0 Å². The van der Waals surface area contributed by atoms with Crippen LogP contribution in [0.3, 0.4) is 0 Å². The first-order chi connectivity index (χ1) is 7.41. The van der Waals surface area contributed by atoms with E-state index in [0.717, 1.165) is 0 Å². The molecule has 1 aromatic rings. The maximum absolute atomic E-state index is 2.49. The average molecular weight is 261 g/mol. The van der Waals surface area contributed by atoms with Crippen molar-refractivity contribution in [2.75, 3.05) is 0 Å². The molecule has 1 saturated heterocycles. The van der Waals surface area contributed by atoms with Gasteiger partial charge in [0.25, 0.3) is 0 Å². The van der Waals surface area contributed by atoms with Crippen molar-refractivity contribution in [3.8, 4) is 0 Å². The molecule has 15 heavy (non-hydrogen) atoms. The van der Waals surface area contributed by atoms with Gasteiger partial charge in [-0.15, -0.1) is 0 Å². The molecule has 1 heteroatoms. The van der Waals surface area contributed by atoms with E-state index in [4.69, 9.17) is 0 Å². The zero-order valence-electron chi connectivity index (χ0n) is 9.47. The molecular weight excluding hydrogens is 241 g/mol. The van der Waals surface area contributed by atoms with Crippen LogP contribution in [-0.2, 0) is 6.42 Å². The SMILES string of the molecule is c1cc[c]2c(c1)CC[CH2][Ge]21[CH2]CCC[CH2]1. The van der Waals surface area contributed by atoms with Crippen LogP contribution in [0.4, 0.5) is 0 Å². The van der Waals surface area contributed by atoms with Gasteiger partial charge in [0.1, 0.15) is 0 Å². The van der Waals surface area contributed by atoms with Crippen molar-refractivity contribution >= 4 is 17.7 Å². The molecule has 0 aromatic heterocycles. The second-order valence-electron chi connectivity index (χ2n) is 5.35. The Labute approximate surface area is 95.4 Å². The maximum atomic E-state index is 2.49. The third kappa shape index (κ3) is 1.67. The quantitative estimate of drug-likeness (QED) is 0.627. The molecule has 0 radical (unpaired) electrons. The van der Waals surface area contributed by atoms with Crippen molar-refractivity contribution in [3.05, 3.63) is 29.8 Å². The zero-order valence-corrected chi connectivity index (χ0v) is 11.6. The number of fused-ring (bicyclic) bond motifs is 2. The van der Waals surface area contributed by atoms with Gasteiger partial charge in [0.05, 0.1) is 0 Å². The second kappa shape index (κ2) is 3.97. The summed E-state index contributed by atoms with van der Waals surface area (Å²) in [6.45, 7) is 0. The predicted octanol–water partition coefficient (Wildman–Crippen LogP) is 3.47. The van der Waals surface area contributed by atoms with Gasteiger partial charge in [-0.1, -0.05) is 0 Å². The van der Waals surface area contributed by atoms with Gasteiger partial charge in [-0.2, -0.15) is 0 Å². The van der Waals surface area contributed by atoms with E-state index in [-0.39, 0.29) is 0 Å². The fraction of sp³-hybridized carbons (Fsp3) is 0.571. The Bertz CT molecular complexity index is 350. The first kappa shape index (κ1) is 9.95. The molecular formula is C14H20Ge. The molecule has 0 N–H and O–H groups in total. The standard InChI is InChI=1S/C14H20Ge/c1-4-10-15(11-5-1)12-6-8-13-7-2-3-9-14(13)15/h2-3,7,9H,1,4-6,8,10-12H2. The third-order valence-electron chi connectivity index (χ3n) is 4.50. The van der Waals surface area contributed by atoms with Crippen molar-refractivity contribution < 1.29 is 0 Å². The molecule has 2 aliphatic rings. The van der Waals surface area contributed by atoms with Gasteiger partial charge >= 0.3 is 95.4 Å². The van der Waals surface area contributed by atoms with Crippen molar-refractivity contribution in [2.45, 2.75) is 47.9 Å². The number of benzene rings is 1. The van der Waals surface area contributed by atoms with E-state index >= 15 is 0 Å². The molecule has 2 aliphatic heterocycles. The molecule has 0 bridgehead atoms. The van der Waals surface area contributed by atoms with Crippen LogP contribution in [0.1, 0.15) is 31.2 Å². The van der Waals surface area contributed by atoms with E-state index in [1.807, 2.05) is 4.40 Å². The first-order valence-corrected chi connectivity index (χ1v) is 12.0. The normalized spacial score (nSPS) is 23.7. The predicted molar refractivity (Wildman–Crippen MR) is 68.4 cm³/mol. The molecule has 3 rings (SSSR count). The van der Waals surface area contributed by atoms with Crippen LogP contribution in [0.15, 0.2) is 24.3 Å². The van der Waals surface area contributed by atoms with Gasteiger partial charge in [-0.3, -0.25) is 0 Å². The van der Waals surface area contributed by atoms with Crippen LogP contribution in [0.2, 0.25) is 15.8 Å². The van der Waals surface area contributed by atoms with Crippen molar-refractivity contribution in [3.63, 3.8) is 0 Å². The summed E-state index contributed by atoms with van der Waals surface area (Å²) in [7, 11) is 0. The second-order valence-corrected chi connectivity index (χ2v) is 15.0. The van der Waals surface area contributed by atoms with Gasteiger partial charge in [-0.05, 0) is 0 Å². The summed E-state index contributed by atoms with van der Waals surface area (Å²) in [5.41, 5.74) is 1.73. The van der Waals surface area contributed by atoms with Gasteiger partial charge in [0.2, 0.25) is 0 Å². The molecule has 0 unspecified atom stereocenters. The summed E-state index contributed by atoms with van der Waals surface area (Å²) in [5, 5.41) is 4.91. The van der Waals surface area contributed by atoms with Crippen LogP contribution in [0.5, 0.6) is 0 Å². The van der Waals surface area contributed by atoms with E-state index in [9.17, 15) is 0 Å². The topological polar surface area (TPSA) is 0 Å². The molecule has 0 aliphatic carbocycles. The number of rotatable bonds is 0. The first-order valence-electron chi connectivity index (χ1n) is 6.49. The average Bonchev–Trinajstić information content (AvgIpc) is 2.31. The molecule has 0 nitrogen and oxygen atoms in total. The fourth-order valence-corrected chi connectivity index (χ4v) is 15.5. The molecule has 1 fully saturated rings. The number of aryl methyl sites for hydroxylation is 1. The molecule has 0 saturated carbocycles. The third-order valence-corrected chi connectivity index (χ3v) is 16.2. The van der Waals surface area contributed by atoms with Crippen molar-refractivity contribution in [1.82, 2.24) is 0 Å². The van der Waals surface area contributed by atoms with Crippen LogP contribution < -0.4 is 4.40 Å². The molecule has 2 heterocycles. The van der Waals surface area contributed by atoms with Gasteiger partial charge in [-0.25, -0.2) is 0 Å². The monoisotopic (exact) mass is 262 g/mol. The Kier molecular flexibility index (Phi) is 2.63. The summed E-state index contributed by atoms with van der Waals surface area (Å²) in [4.78, 5) is 0. The van der Waals surface area contributed by atoms with E-state index in [1.54, 1.807) is 21.3 Å². The Morgan fingerprint density at radius 2 is 1.53 bits per heavy atom. The summed E-state index contributed by atoms with van der Waals surface area (Å²) < 4.78 is 1.89. The molecule has 0 atom stereocenters. The summed E-state index contributed by atoms with van der Waals surface area (Å²) >= 11 is -1.54. The van der Waals surface area contributed by atoms with Gasteiger partial charge < -0.3 is 0 Å². The molecule has 80 valence electrons. The Morgan fingerprint density at radius 3 is 2.40 bits per heavy atom. The van der Waals surface area contributed by atoms with E-state index < -0.39 is 13.3 Å². The Hall–Kier alpha value is -0.237. The van der Waals surface area contributed by atoms with Crippen molar-refractivity contribution in [2.24, 2.45) is 0 Å². The zero-order chi connectivity index (χ0) is 10.1. The van der Waals surface area contributed by atoms with Crippen LogP contribution in [0, 0.1) is 0 Å². The molecule has 1 spiro atoms. The minimum atomic E-state index is -1.54. The van der Waals surface area contributed by atoms with E-state index in [2.05, 4.69) is 24.3 Å². The Morgan fingerprint density at radius 1 is 0.800 bits per heavy atom. The van der Waals surface area contributed by atoms with Crippen LogP contribution in [0.25, 0.3) is 0 Å². The molecule has 1 aromatic carbocycles. The number of hydrogen-bond acceptors (Lipinski definition) is 0. The van der Waals surface area contributed by atoms with E-state index in [1.165, 1.54) is 32.1 Å². The number of hydrogen-bond donors (Lipinski definition) is 0. The minimum absolute atomic E-state index is 1.36. The molecule has 0 amide bonds. The van der Waals surface area contributed by atoms with Crippen LogP contribution >= 0.6 is 0 Å². The Balaban J connectivity index is 2.04. The van der Waals surface area contributed by atoms with Crippen molar-refractivity contribution in [1.29, 1.82) is 0 Å². The summed E-state index contributed by atoms with van der Waals surface area (Å²) in [6.07, 6.45) is 7.44. The van der Waals surface area contributed by atoms with Gasteiger partial charge in [0, 0.05) is 0 Å². The van der Waals surface area contributed by atoms with E-state index in [0.29, 0.717) is 0 Å². The fourth-order valence-electron chi connectivity index (χ4n) is 3.76.